The van der Waals surface area contributed by atoms with Gasteiger partial charge in [-0.25, -0.2) is 24.4 Å². The second-order valence-corrected chi connectivity index (χ2v) is 7.48. The molecule has 1 aliphatic heterocycles. The topological polar surface area (TPSA) is 93.9 Å². The van der Waals surface area contributed by atoms with Gasteiger partial charge in [0.05, 0.1) is 32.2 Å². The molecule has 1 amide bonds. The van der Waals surface area contributed by atoms with Crippen LogP contribution in [0.3, 0.4) is 0 Å². The number of nitrogens with zero attached hydrogens (tertiary/aromatic N) is 5. The Hall–Kier alpha value is -2.79. The summed E-state index contributed by atoms with van der Waals surface area (Å²) in [6, 6.07) is 3.13. The second kappa shape index (κ2) is 8.92. The monoisotopic (exact) mass is 478 g/mol. The quantitative estimate of drug-likeness (QED) is 0.317. The first-order valence-corrected chi connectivity index (χ1v) is 10.5. The molecule has 0 radical (unpaired) electrons. The predicted octanol–water partition coefficient (Wildman–Crippen LogP) is 2.67. The summed E-state index contributed by atoms with van der Waals surface area (Å²) >= 11 is 3.23. The Labute approximate surface area is 180 Å². The number of hydrogen-bond acceptors (Lipinski definition) is 7. The number of hydrogen-bond donors (Lipinski definition) is 1. The van der Waals surface area contributed by atoms with Crippen LogP contribution >= 0.6 is 15.9 Å². The first kappa shape index (κ1) is 20.5. The van der Waals surface area contributed by atoms with Crippen LogP contribution in [0.2, 0.25) is 0 Å². The third-order valence-corrected chi connectivity index (χ3v) is 5.21. The van der Waals surface area contributed by atoms with E-state index in [1.807, 2.05) is 6.07 Å². The summed E-state index contributed by atoms with van der Waals surface area (Å²) < 4.78 is 20.7. The van der Waals surface area contributed by atoms with Crippen molar-refractivity contribution in [3.63, 3.8) is 0 Å². The number of halogens is 2. The minimum atomic E-state index is -0.426. The van der Waals surface area contributed by atoms with E-state index >= 15 is 0 Å². The van der Waals surface area contributed by atoms with E-state index < -0.39 is 11.7 Å². The molecule has 3 aromatic rings. The van der Waals surface area contributed by atoms with Gasteiger partial charge in [0.25, 0.3) is 5.91 Å². The molecule has 0 spiro atoms. The maximum atomic E-state index is 13.9. The molecule has 11 heteroatoms. The molecule has 1 unspecified atom stereocenters. The summed E-state index contributed by atoms with van der Waals surface area (Å²) in [5, 5.41) is 4.78. The summed E-state index contributed by atoms with van der Waals surface area (Å²) in [7, 11) is 1.52. The van der Waals surface area contributed by atoms with Crippen LogP contribution in [-0.4, -0.2) is 51.1 Å². The fourth-order valence-electron chi connectivity index (χ4n) is 3.61. The van der Waals surface area contributed by atoms with Crippen molar-refractivity contribution in [1.29, 1.82) is 0 Å². The molecular weight excluding hydrogens is 459 g/mol. The Kier molecular flexibility index (Phi) is 6.09. The number of hydroxylamine groups is 1. The van der Waals surface area contributed by atoms with Crippen molar-refractivity contribution in [3.05, 3.63) is 47.7 Å². The Balaban J connectivity index is 1.66. The van der Waals surface area contributed by atoms with Gasteiger partial charge in [0.15, 0.2) is 5.65 Å². The van der Waals surface area contributed by atoms with E-state index in [1.165, 1.54) is 23.9 Å². The molecule has 1 aliphatic rings. The summed E-state index contributed by atoms with van der Waals surface area (Å²) in [6.07, 6.45) is 6.04. The molecular formula is C19H20BrFN6O3. The van der Waals surface area contributed by atoms with E-state index in [1.54, 1.807) is 6.20 Å². The van der Waals surface area contributed by atoms with Crippen LogP contribution in [0.5, 0.6) is 5.88 Å². The normalized spacial score (nSPS) is 16.2. The lowest BCUT2D eigenvalue weighted by molar-refractivity contribution is 0.0378. The molecule has 0 aromatic carbocycles. The Bertz CT molecular complexity index is 1060. The highest BCUT2D eigenvalue weighted by Crippen LogP contribution is 2.38. The highest BCUT2D eigenvalue weighted by Gasteiger charge is 2.31. The lowest BCUT2D eigenvalue weighted by Gasteiger charge is -2.26. The molecule has 0 aliphatic carbocycles. The van der Waals surface area contributed by atoms with Crippen LogP contribution in [0.4, 0.5) is 10.2 Å². The molecule has 1 N–H and O–H groups in total. The van der Waals surface area contributed by atoms with Crippen LogP contribution in [0.1, 0.15) is 34.8 Å². The van der Waals surface area contributed by atoms with Crippen LogP contribution in [-0.2, 0) is 4.84 Å². The van der Waals surface area contributed by atoms with E-state index in [9.17, 15) is 9.18 Å². The van der Waals surface area contributed by atoms with Crippen LogP contribution in [0.15, 0.2) is 30.7 Å². The molecule has 1 atom stereocenters. The van der Waals surface area contributed by atoms with Crippen molar-refractivity contribution in [1.82, 2.24) is 25.1 Å². The first-order chi connectivity index (χ1) is 14.6. The van der Waals surface area contributed by atoms with Gasteiger partial charge in [-0.05, 0) is 25.0 Å². The number of carbonyl (C=O) groups is 1. The van der Waals surface area contributed by atoms with Gasteiger partial charge in [-0.2, -0.15) is 5.10 Å². The average Bonchev–Trinajstić information content (AvgIpc) is 3.40. The van der Waals surface area contributed by atoms with Crippen molar-refractivity contribution >= 4 is 33.3 Å². The Morgan fingerprint density at radius 3 is 3.10 bits per heavy atom. The number of alkyl halides is 1. The number of aromatic nitrogens is 4. The van der Waals surface area contributed by atoms with Crippen molar-refractivity contribution in [3.8, 4) is 5.88 Å². The summed E-state index contributed by atoms with van der Waals surface area (Å²) in [5.41, 5.74) is 3.76. The van der Waals surface area contributed by atoms with Gasteiger partial charge in [0.1, 0.15) is 17.2 Å². The number of carbonyl (C=O) groups excluding carboxylic acids is 1. The van der Waals surface area contributed by atoms with Gasteiger partial charge in [-0.1, -0.05) is 15.9 Å². The number of nitrogens with one attached hydrogen (secondary N) is 1. The minimum Gasteiger partial charge on any atom is -0.481 e. The Morgan fingerprint density at radius 1 is 1.43 bits per heavy atom. The summed E-state index contributed by atoms with van der Waals surface area (Å²) in [5.74, 6) is 0.207. The zero-order chi connectivity index (χ0) is 21.1. The second-order valence-electron chi connectivity index (χ2n) is 6.68. The lowest BCUT2D eigenvalue weighted by atomic mass is 10.1. The SMILES string of the molecule is COc1ncc(F)cc1C1CCCN1c1ccn2ncc(C(=O)NOCCBr)c2n1. The molecule has 30 heavy (non-hydrogen) atoms. The molecule has 4 rings (SSSR count). The fourth-order valence-corrected chi connectivity index (χ4v) is 3.77. The first-order valence-electron chi connectivity index (χ1n) is 9.41. The largest absolute Gasteiger partial charge is 0.481 e. The van der Waals surface area contributed by atoms with Gasteiger partial charge >= 0.3 is 0 Å². The molecule has 4 heterocycles. The maximum absolute atomic E-state index is 13.9. The number of methoxy groups -OCH3 is 1. The minimum absolute atomic E-state index is 0.138. The van der Waals surface area contributed by atoms with E-state index in [0.717, 1.165) is 25.6 Å². The van der Waals surface area contributed by atoms with E-state index in [-0.39, 0.29) is 6.04 Å². The molecule has 0 saturated carbocycles. The van der Waals surface area contributed by atoms with Crippen LogP contribution in [0, 0.1) is 5.82 Å². The number of pyridine rings is 1. The molecule has 1 fully saturated rings. The third-order valence-electron chi connectivity index (χ3n) is 4.89. The molecule has 3 aromatic heterocycles. The van der Waals surface area contributed by atoms with Gasteiger partial charge in [0.2, 0.25) is 5.88 Å². The average molecular weight is 479 g/mol. The number of fused-ring (bicyclic) bond motifs is 1. The van der Waals surface area contributed by atoms with Crippen molar-refractivity contribution in [2.45, 2.75) is 18.9 Å². The van der Waals surface area contributed by atoms with Gasteiger partial charge in [0, 0.05) is 23.6 Å². The highest BCUT2D eigenvalue weighted by molar-refractivity contribution is 9.09. The predicted molar refractivity (Wildman–Crippen MR) is 110 cm³/mol. The van der Waals surface area contributed by atoms with Crippen LogP contribution < -0.4 is 15.1 Å². The smallest absolute Gasteiger partial charge is 0.280 e. The van der Waals surface area contributed by atoms with Gasteiger partial charge < -0.3 is 9.64 Å². The van der Waals surface area contributed by atoms with E-state index in [0.29, 0.717) is 40.4 Å². The number of anilines is 1. The summed E-state index contributed by atoms with van der Waals surface area (Å²) in [6.45, 7) is 1.07. The number of amides is 1. The van der Waals surface area contributed by atoms with E-state index in [4.69, 9.17) is 9.57 Å². The van der Waals surface area contributed by atoms with Gasteiger partial charge in [-0.15, -0.1) is 0 Å². The molecule has 158 valence electrons. The number of ether oxygens (including phenoxy) is 1. The third kappa shape index (κ3) is 3.94. The standard InChI is InChI=1S/C19H20BrFN6O3/c1-29-19-13(9-12(21)10-22-19)15-3-2-6-26(15)16-4-7-27-17(24-16)14(11-23-27)18(28)25-30-8-5-20/h4,7,9-11,15H,2-3,5-6,8H2,1H3,(H,25,28). The molecule has 9 nitrogen and oxygen atoms in total. The molecule has 1 saturated heterocycles. The van der Waals surface area contributed by atoms with Gasteiger partial charge in [-0.3, -0.25) is 9.63 Å². The highest BCUT2D eigenvalue weighted by atomic mass is 79.9. The van der Waals surface area contributed by atoms with Crippen molar-refractivity contribution < 1.29 is 18.8 Å². The molecule has 0 bridgehead atoms. The zero-order valence-corrected chi connectivity index (χ0v) is 17.8. The lowest BCUT2D eigenvalue weighted by Crippen LogP contribution is -2.26. The Morgan fingerprint density at radius 2 is 2.30 bits per heavy atom. The zero-order valence-electron chi connectivity index (χ0n) is 16.2. The van der Waals surface area contributed by atoms with E-state index in [2.05, 4.69) is 41.4 Å². The maximum Gasteiger partial charge on any atom is 0.280 e. The van der Waals surface area contributed by atoms with Crippen LogP contribution in [0.25, 0.3) is 5.65 Å². The fraction of sp³-hybridized carbons (Fsp3) is 0.368. The van der Waals surface area contributed by atoms with Crippen molar-refractivity contribution in [2.75, 3.05) is 30.5 Å². The number of rotatable bonds is 7. The van der Waals surface area contributed by atoms with Crippen molar-refractivity contribution in [2.24, 2.45) is 0 Å². The summed E-state index contributed by atoms with van der Waals surface area (Å²) in [4.78, 5) is 28.3.